The molecule has 0 atom stereocenters. The van der Waals surface area contributed by atoms with Crippen LogP contribution in [-0.2, 0) is 30.4 Å². The Labute approximate surface area is 285 Å². The summed E-state index contributed by atoms with van der Waals surface area (Å²) in [6.07, 6.45) is 0. The molecule has 0 fully saturated rings. The van der Waals surface area contributed by atoms with E-state index in [1.165, 1.54) is 0 Å². The van der Waals surface area contributed by atoms with Crippen molar-refractivity contribution < 1.29 is 153 Å². The van der Waals surface area contributed by atoms with Crippen LogP contribution in [-0.4, -0.2) is 50.0 Å². The van der Waals surface area contributed by atoms with Crippen LogP contribution in [0.25, 0.3) is 10.8 Å². The van der Waals surface area contributed by atoms with Gasteiger partial charge in [-0.3, -0.25) is 13.7 Å². The van der Waals surface area contributed by atoms with E-state index in [0.29, 0.717) is 30.3 Å². The molecular formula is C17H9N2Na3O14S3. The molecular weight excluding hydrogens is 621 g/mol. The minimum Gasteiger partial charge on any atom is -0.872 e. The molecule has 0 spiro atoms. The van der Waals surface area contributed by atoms with Gasteiger partial charge in [0.15, 0.2) is 0 Å². The molecule has 3 aromatic carbocycles. The number of carboxylic acids is 1. The number of hydrogen-bond acceptors (Lipinski definition) is 12. The molecule has 3 aromatic rings. The van der Waals surface area contributed by atoms with Crippen LogP contribution in [0.1, 0.15) is 10.4 Å². The summed E-state index contributed by atoms with van der Waals surface area (Å²) in [5, 5.41) is 51.4. The molecule has 0 saturated carbocycles. The Kier molecular flexibility index (Phi) is 13.1. The van der Waals surface area contributed by atoms with Gasteiger partial charge in [0.05, 0.1) is 26.7 Å². The average Bonchev–Trinajstić information content (AvgIpc) is 2.70. The Hall–Kier alpha value is -0.880. The molecule has 192 valence electrons. The number of hydrogen-bond donors (Lipinski definition) is 4. The number of fused-ring (bicyclic) bond motifs is 1. The summed E-state index contributed by atoms with van der Waals surface area (Å²) in [6.45, 7) is 0. The molecule has 0 unspecified atom stereocenters. The molecule has 4 N–H and O–H groups in total. The van der Waals surface area contributed by atoms with E-state index < -0.39 is 96.0 Å². The number of aromatic carboxylic acids is 1. The maximum Gasteiger partial charge on any atom is 1.00 e. The monoisotopic (exact) mass is 630 g/mol. The van der Waals surface area contributed by atoms with Crippen LogP contribution >= 0.6 is 0 Å². The van der Waals surface area contributed by atoms with Gasteiger partial charge in [-0.05, 0) is 41.1 Å². The van der Waals surface area contributed by atoms with Crippen molar-refractivity contribution in [1.29, 1.82) is 0 Å². The fourth-order valence-electron chi connectivity index (χ4n) is 2.92. The molecule has 0 radical (unpaired) electrons. The Morgan fingerprint density at radius 3 is 1.67 bits per heavy atom. The van der Waals surface area contributed by atoms with E-state index in [0.717, 1.165) is 0 Å². The second kappa shape index (κ2) is 13.4. The minimum atomic E-state index is -5.35. The number of azo groups is 1. The quantitative estimate of drug-likeness (QED) is 0.112. The van der Waals surface area contributed by atoms with Crippen molar-refractivity contribution in [2.24, 2.45) is 10.2 Å². The van der Waals surface area contributed by atoms with Crippen LogP contribution in [0.4, 0.5) is 11.4 Å². The number of carboxylic acid groups (broad SMARTS) is 1. The van der Waals surface area contributed by atoms with Crippen molar-refractivity contribution in [3.63, 3.8) is 0 Å². The normalized spacial score (nSPS) is 11.9. The second-order valence-electron chi connectivity index (χ2n) is 6.82. The first kappa shape index (κ1) is 38.1. The average molecular weight is 630 g/mol. The second-order valence-corrected chi connectivity index (χ2v) is 11.1. The summed E-state index contributed by atoms with van der Waals surface area (Å²) >= 11 is 0. The van der Waals surface area contributed by atoms with Crippen LogP contribution in [0.15, 0.2) is 55.2 Å². The minimum absolute atomic E-state index is 0. The SMILES string of the molecule is O=C(O)c1cc(S(=O)(=O)O)cc(N=Nc2c(S(=O)(=O)O)cc3cc(S(=O)(=O)O)cc([O-])c3c2[O-])c1[O-].[Na+].[Na+].[Na+]. The van der Waals surface area contributed by atoms with Gasteiger partial charge in [-0.15, -0.1) is 10.9 Å². The molecule has 0 saturated heterocycles. The van der Waals surface area contributed by atoms with Crippen LogP contribution in [0.2, 0.25) is 0 Å². The van der Waals surface area contributed by atoms with E-state index in [2.05, 4.69) is 10.2 Å². The molecule has 22 heteroatoms. The molecule has 3 rings (SSSR count). The number of carbonyl (C=O) groups is 1. The first-order chi connectivity index (χ1) is 16.3. The Morgan fingerprint density at radius 2 is 1.21 bits per heavy atom. The first-order valence-electron chi connectivity index (χ1n) is 8.73. The van der Waals surface area contributed by atoms with Gasteiger partial charge in [-0.25, -0.2) is 4.79 Å². The third-order valence-corrected chi connectivity index (χ3v) is 7.00. The standard InChI is InChI=1S/C17H12N2O14S3.3Na/c20-11-5-7(34(25,26)27)1-6-2-12(36(31,32)33)14(16(22)13(6)11)19-18-10-4-8(35(28,29)30)3-9(15(10)21)17(23)24;;;/h1-5,20-22H,(H,23,24)(H,25,26,27)(H,28,29,30)(H,31,32,33);;;/q;3*+1/p-3. The van der Waals surface area contributed by atoms with Gasteiger partial charge in [0.2, 0.25) is 0 Å². The zero-order valence-corrected chi connectivity index (χ0v) is 28.3. The molecule has 0 heterocycles. The van der Waals surface area contributed by atoms with Crippen molar-refractivity contribution in [2.45, 2.75) is 14.7 Å². The summed E-state index contributed by atoms with van der Waals surface area (Å²) in [5.41, 5.74) is -3.60. The summed E-state index contributed by atoms with van der Waals surface area (Å²) in [7, 11) is -15.4. The van der Waals surface area contributed by atoms with Crippen molar-refractivity contribution in [1.82, 2.24) is 0 Å². The Morgan fingerprint density at radius 1 is 0.692 bits per heavy atom. The van der Waals surface area contributed by atoms with E-state index in [1.54, 1.807) is 0 Å². The molecule has 0 aliphatic rings. The fourth-order valence-corrected chi connectivity index (χ4v) is 4.63. The molecule has 0 bridgehead atoms. The van der Waals surface area contributed by atoms with Crippen LogP contribution in [0, 0.1) is 0 Å². The molecule has 0 aliphatic carbocycles. The maximum atomic E-state index is 12.8. The Bertz CT molecular complexity index is 1830. The van der Waals surface area contributed by atoms with E-state index in [9.17, 15) is 49.9 Å². The molecule has 16 nitrogen and oxygen atoms in total. The van der Waals surface area contributed by atoms with Crippen LogP contribution in [0.3, 0.4) is 0 Å². The van der Waals surface area contributed by atoms with Crippen molar-refractivity contribution in [2.75, 3.05) is 0 Å². The summed E-state index contributed by atoms with van der Waals surface area (Å²) in [6, 6.07) is 1.97. The zero-order valence-electron chi connectivity index (χ0n) is 19.9. The summed E-state index contributed by atoms with van der Waals surface area (Å²) < 4.78 is 96.9. The van der Waals surface area contributed by atoms with E-state index in [1.807, 2.05) is 0 Å². The maximum absolute atomic E-state index is 12.8. The van der Waals surface area contributed by atoms with Gasteiger partial charge in [0, 0.05) is 0 Å². The molecule has 0 aromatic heterocycles. The molecule has 0 amide bonds. The van der Waals surface area contributed by atoms with Gasteiger partial charge in [-0.2, -0.15) is 30.4 Å². The van der Waals surface area contributed by atoms with Crippen LogP contribution < -0.4 is 104 Å². The van der Waals surface area contributed by atoms with Gasteiger partial charge >= 0.3 is 94.6 Å². The van der Waals surface area contributed by atoms with E-state index in [4.69, 9.17) is 14.2 Å². The predicted octanol–water partition coefficient (Wildman–Crippen LogP) is -9.07. The topological polar surface area (TPSA) is 294 Å². The van der Waals surface area contributed by atoms with E-state index in [-0.39, 0.29) is 88.7 Å². The summed E-state index contributed by atoms with van der Waals surface area (Å²) in [4.78, 5) is 7.78. The van der Waals surface area contributed by atoms with Crippen molar-refractivity contribution in [3.8, 4) is 17.2 Å². The largest absolute Gasteiger partial charge is 1.00 e. The predicted molar refractivity (Wildman–Crippen MR) is 109 cm³/mol. The number of nitrogens with zero attached hydrogens (tertiary/aromatic N) is 2. The van der Waals surface area contributed by atoms with Crippen LogP contribution in [0.5, 0.6) is 17.2 Å². The first-order valence-corrected chi connectivity index (χ1v) is 13.1. The zero-order chi connectivity index (χ0) is 27.4. The molecule has 39 heavy (non-hydrogen) atoms. The molecule has 0 aliphatic heterocycles. The van der Waals surface area contributed by atoms with Gasteiger partial charge in [0.25, 0.3) is 30.4 Å². The fraction of sp³-hybridized carbons (Fsp3) is 0. The van der Waals surface area contributed by atoms with Crippen molar-refractivity contribution in [3.05, 3.63) is 35.9 Å². The third-order valence-electron chi connectivity index (χ3n) is 4.47. The van der Waals surface area contributed by atoms with E-state index >= 15 is 0 Å². The number of benzene rings is 3. The van der Waals surface area contributed by atoms with Crippen molar-refractivity contribution >= 4 is 58.5 Å². The summed E-state index contributed by atoms with van der Waals surface area (Å²) in [5.74, 6) is -6.29. The third kappa shape index (κ3) is 8.33. The van der Waals surface area contributed by atoms with Gasteiger partial charge in [-0.1, -0.05) is 11.5 Å². The van der Waals surface area contributed by atoms with Gasteiger partial charge in [0.1, 0.15) is 4.90 Å². The Balaban J connectivity index is 0.00000481. The smallest absolute Gasteiger partial charge is 0.872 e. The number of rotatable bonds is 6. The van der Waals surface area contributed by atoms with Gasteiger partial charge < -0.3 is 20.4 Å².